The highest BCUT2D eigenvalue weighted by molar-refractivity contribution is 5.81. The van der Waals surface area contributed by atoms with E-state index in [1.54, 1.807) is 6.20 Å². The van der Waals surface area contributed by atoms with Crippen LogP contribution in [0.5, 0.6) is 0 Å². The molecule has 62 valence electrons. The third kappa shape index (κ3) is 1.97. The van der Waals surface area contributed by atoms with E-state index >= 15 is 0 Å². The molecule has 0 bridgehead atoms. The SMILES string of the molecule is COC(=O)/C=C/N1CC1(C)C. The van der Waals surface area contributed by atoms with Crippen molar-refractivity contribution >= 4 is 5.97 Å². The molecule has 1 saturated heterocycles. The number of nitrogens with zero attached hydrogens (tertiary/aromatic N) is 1. The van der Waals surface area contributed by atoms with E-state index in [9.17, 15) is 4.79 Å². The van der Waals surface area contributed by atoms with Crippen LogP contribution in [0, 0.1) is 0 Å². The Balaban J connectivity index is 2.33. The van der Waals surface area contributed by atoms with Crippen LogP contribution in [0.2, 0.25) is 0 Å². The van der Waals surface area contributed by atoms with Crippen molar-refractivity contribution in [3.8, 4) is 0 Å². The van der Waals surface area contributed by atoms with E-state index in [2.05, 4.69) is 23.5 Å². The first-order chi connectivity index (χ1) is 5.06. The van der Waals surface area contributed by atoms with Crippen LogP contribution in [0.4, 0.5) is 0 Å². The van der Waals surface area contributed by atoms with Gasteiger partial charge in [-0.1, -0.05) is 0 Å². The topological polar surface area (TPSA) is 29.3 Å². The number of carbonyl (C=O) groups excluding carboxylic acids is 1. The first-order valence-corrected chi connectivity index (χ1v) is 3.59. The number of rotatable bonds is 2. The average molecular weight is 155 g/mol. The van der Waals surface area contributed by atoms with Crippen molar-refractivity contribution in [2.45, 2.75) is 19.4 Å². The summed E-state index contributed by atoms with van der Waals surface area (Å²) >= 11 is 0. The Labute approximate surface area is 66.6 Å². The van der Waals surface area contributed by atoms with Crippen LogP contribution in [0.15, 0.2) is 12.3 Å². The largest absolute Gasteiger partial charge is 0.466 e. The number of hydrogen-bond donors (Lipinski definition) is 0. The first kappa shape index (κ1) is 8.11. The van der Waals surface area contributed by atoms with Gasteiger partial charge in [0.25, 0.3) is 0 Å². The molecular weight excluding hydrogens is 142 g/mol. The summed E-state index contributed by atoms with van der Waals surface area (Å²) in [6.07, 6.45) is 3.21. The van der Waals surface area contributed by atoms with Crippen LogP contribution < -0.4 is 0 Å². The van der Waals surface area contributed by atoms with E-state index in [0.717, 1.165) is 6.54 Å². The lowest BCUT2D eigenvalue weighted by molar-refractivity contribution is -0.134. The van der Waals surface area contributed by atoms with E-state index in [4.69, 9.17) is 0 Å². The van der Waals surface area contributed by atoms with Crippen LogP contribution in [-0.4, -0.2) is 30.1 Å². The second kappa shape index (κ2) is 2.57. The van der Waals surface area contributed by atoms with Gasteiger partial charge in [0.1, 0.15) is 0 Å². The summed E-state index contributed by atoms with van der Waals surface area (Å²) in [4.78, 5) is 12.7. The lowest BCUT2D eigenvalue weighted by Crippen LogP contribution is -2.03. The van der Waals surface area contributed by atoms with E-state index in [0.29, 0.717) is 0 Å². The molecule has 3 heteroatoms. The number of methoxy groups -OCH3 is 1. The molecule has 0 N–H and O–H groups in total. The quantitative estimate of drug-likeness (QED) is 0.335. The predicted molar refractivity (Wildman–Crippen MR) is 41.9 cm³/mol. The summed E-state index contributed by atoms with van der Waals surface area (Å²) in [5, 5.41) is 0. The summed E-state index contributed by atoms with van der Waals surface area (Å²) in [5.74, 6) is -0.298. The molecule has 0 aliphatic carbocycles. The third-order valence-corrected chi connectivity index (χ3v) is 1.82. The molecule has 1 rings (SSSR count). The highest BCUT2D eigenvalue weighted by Gasteiger charge is 2.40. The summed E-state index contributed by atoms with van der Waals surface area (Å²) in [7, 11) is 1.38. The fourth-order valence-electron chi connectivity index (χ4n) is 0.855. The molecular formula is C8H13NO2. The lowest BCUT2D eigenvalue weighted by atomic mass is 10.2. The minimum Gasteiger partial charge on any atom is -0.466 e. The van der Waals surface area contributed by atoms with Crippen LogP contribution >= 0.6 is 0 Å². The van der Waals surface area contributed by atoms with Crippen molar-refractivity contribution in [2.24, 2.45) is 0 Å². The molecule has 0 atom stereocenters. The van der Waals surface area contributed by atoms with E-state index in [1.807, 2.05) is 0 Å². The minimum absolute atomic E-state index is 0.241. The van der Waals surface area contributed by atoms with Gasteiger partial charge in [-0.3, -0.25) is 0 Å². The number of ether oxygens (including phenoxy) is 1. The van der Waals surface area contributed by atoms with Gasteiger partial charge in [-0.05, 0) is 13.8 Å². The van der Waals surface area contributed by atoms with Gasteiger partial charge in [-0.2, -0.15) is 0 Å². The maximum absolute atomic E-state index is 10.6. The van der Waals surface area contributed by atoms with Crippen molar-refractivity contribution in [1.29, 1.82) is 0 Å². The zero-order valence-electron chi connectivity index (χ0n) is 7.13. The molecule has 1 aliphatic heterocycles. The van der Waals surface area contributed by atoms with Crippen molar-refractivity contribution in [3.05, 3.63) is 12.3 Å². The molecule has 0 saturated carbocycles. The summed E-state index contributed by atoms with van der Waals surface area (Å²) in [6.45, 7) is 5.25. The molecule has 0 spiro atoms. The maximum atomic E-state index is 10.6. The van der Waals surface area contributed by atoms with Gasteiger partial charge < -0.3 is 9.64 Å². The van der Waals surface area contributed by atoms with E-state index < -0.39 is 0 Å². The van der Waals surface area contributed by atoms with E-state index in [1.165, 1.54) is 13.2 Å². The van der Waals surface area contributed by atoms with Crippen LogP contribution in [0.3, 0.4) is 0 Å². The molecule has 0 amide bonds. The molecule has 0 aromatic heterocycles. The van der Waals surface area contributed by atoms with Crippen molar-refractivity contribution in [1.82, 2.24) is 4.90 Å². The van der Waals surface area contributed by atoms with E-state index in [-0.39, 0.29) is 11.5 Å². The molecule has 0 aromatic rings. The second-order valence-corrected chi connectivity index (χ2v) is 3.28. The fraction of sp³-hybridized carbons (Fsp3) is 0.625. The highest BCUT2D eigenvalue weighted by Crippen LogP contribution is 2.30. The number of esters is 1. The Morgan fingerprint density at radius 1 is 1.64 bits per heavy atom. The molecule has 0 unspecified atom stereocenters. The molecule has 1 fully saturated rings. The highest BCUT2D eigenvalue weighted by atomic mass is 16.5. The molecule has 11 heavy (non-hydrogen) atoms. The van der Waals surface area contributed by atoms with Gasteiger partial charge >= 0.3 is 5.97 Å². The standard InChI is InChI=1S/C8H13NO2/c1-8(2)6-9(8)5-4-7(10)11-3/h4-5H,6H2,1-3H3/b5-4+. The molecule has 0 radical (unpaired) electrons. The normalized spacial score (nSPS) is 20.5. The Bertz CT molecular complexity index is 196. The van der Waals surface area contributed by atoms with Crippen LogP contribution in [0.1, 0.15) is 13.8 Å². The smallest absolute Gasteiger partial charge is 0.331 e. The Morgan fingerprint density at radius 3 is 2.55 bits per heavy atom. The zero-order chi connectivity index (χ0) is 8.48. The number of hydrogen-bond acceptors (Lipinski definition) is 3. The summed E-state index contributed by atoms with van der Waals surface area (Å²) in [5.41, 5.74) is 0.241. The second-order valence-electron chi connectivity index (χ2n) is 3.28. The third-order valence-electron chi connectivity index (χ3n) is 1.82. The van der Waals surface area contributed by atoms with Gasteiger partial charge in [-0.15, -0.1) is 0 Å². The van der Waals surface area contributed by atoms with Crippen molar-refractivity contribution < 1.29 is 9.53 Å². The van der Waals surface area contributed by atoms with Crippen LogP contribution in [-0.2, 0) is 9.53 Å². The molecule has 0 aromatic carbocycles. The minimum atomic E-state index is -0.298. The van der Waals surface area contributed by atoms with Gasteiger partial charge in [0.05, 0.1) is 12.6 Å². The zero-order valence-corrected chi connectivity index (χ0v) is 7.13. The van der Waals surface area contributed by atoms with Gasteiger partial charge in [-0.25, -0.2) is 4.79 Å². The average Bonchev–Trinajstić information content (AvgIpc) is 2.54. The fourth-order valence-corrected chi connectivity index (χ4v) is 0.855. The number of carbonyl (C=O) groups is 1. The first-order valence-electron chi connectivity index (χ1n) is 3.59. The van der Waals surface area contributed by atoms with Gasteiger partial charge in [0.2, 0.25) is 0 Å². The summed E-state index contributed by atoms with van der Waals surface area (Å²) < 4.78 is 4.44. The molecule has 1 aliphatic rings. The lowest BCUT2D eigenvalue weighted by Gasteiger charge is -1.99. The van der Waals surface area contributed by atoms with Gasteiger partial charge in [0.15, 0.2) is 0 Å². The van der Waals surface area contributed by atoms with Crippen molar-refractivity contribution in [2.75, 3.05) is 13.7 Å². The molecule has 1 heterocycles. The van der Waals surface area contributed by atoms with Crippen LogP contribution in [0.25, 0.3) is 0 Å². The Kier molecular flexibility index (Phi) is 1.89. The predicted octanol–water partition coefficient (Wildman–Crippen LogP) is 0.767. The van der Waals surface area contributed by atoms with Gasteiger partial charge in [0, 0.05) is 18.8 Å². The van der Waals surface area contributed by atoms with Crippen molar-refractivity contribution in [3.63, 3.8) is 0 Å². The summed E-state index contributed by atoms with van der Waals surface area (Å²) in [6, 6.07) is 0. The Morgan fingerprint density at radius 2 is 2.18 bits per heavy atom. The monoisotopic (exact) mass is 155 g/mol. The maximum Gasteiger partial charge on any atom is 0.331 e. The molecule has 3 nitrogen and oxygen atoms in total. The Hall–Kier alpha value is -0.990.